The third-order valence-corrected chi connectivity index (χ3v) is 5.65. The molecule has 2 N–H and O–H groups in total. The van der Waals surface area contributed by atoms with Gasteiger partial charge in [-0.2, -0.15) is 0 Å². The first-order chi connectivity index (χ1) is 11.3. The summed E-state index contributed by atoms with van der Waals surface area (Å²) < 4.78 is 17.7. The summed E-state index contributed by atoms with van der Waals surface area (Å²) in [4.78, 5) is 4.22. The third kappa shape index (κ3) is 4.84. The Hall–Kier alpha value is -1.82. The van der Waals surface area contributed by atoms with Crippen molar-refractivity contribution in [3.8, 4) is 0 Å². The molecule has 0 aliphatic carbocycles. The van der Waals surface area contributed by atoms with Crippen molar-refractivity contribution in [2.75, 3.05) is 19.3 Å². The summed E-state index contributed by atoms with van der Waals surface area (Å²) in [6.45, 7) is 8.59. The summed E-state index contributed by atoms with van der Waals surface area (Å²) >= 11 is 0. The topological polar surface area (TPSA) is 66.6 Å². The Balaban J connectivity index is 1.91. The first-order valence-electron chi connectivity index (χ1n) is 8.15. The lowest BCUT2D eigenvalue weighted by molar-refractivity contribution is 0.489. The number of nitrogens with one attached hydrogen (secondary N) is 2. The molecule has 0 fully saturated rings. The third-order valence-electron chi connectivity index (χ3n) is 3.71. The van der Waals surface area contributed by atoms with Gasteiger partial charge in [0.15, 0.2) is 5.96 Å². The lowest BCUT2D eigenvalue weighted by atomic mass is 10.2. The van der Waals surface area contributed by atoms with Crippen molar-refractivity contribution in [3.05, 3.63) is 36.1 Å². The zero-order valence-corrected chi connectivity index (χ0v) is 15.9. The van der Waals surface area contributed by atoms with E-state index in [1.807, 2.05) is 58.0 Å². The number of nitrogens with zero attached hydrogens (tertiary/aromatic N) is 1. The summed E-state index contributed by atoms with van der Waals surface area (Å²) in [6, 6.07) is 9.97. The van der Waals surface area contributed by atoms with Crippen molar-refractivity contribution in [1.29, 1.82) is 0 Å². The molecule has 2 rings (SSSR count). The molecule has 1 aromatic carbocycles. The summed E-state index contributed by atoms with van der Waals surface area (Å²) in [5.41, 5.74) is 0.879. The van der Waals surface area contributed by atoms with Crippen LogP contribution in [0.15, 0.2) is 39.7 Å². The Morgan fingerprint density at radius 3 is 2.67 bits per heavy atom. The molecule has 0 spiro atoms. The van der Waals surface area contributed by atoms with E-state index in [1.165, 1.54) is 0 Å². The molecule has 132 valence electrons. The van der Waals surface area contributed by atoms with Crippen molar-refractivity contribution in [1.82, 2.24) is 10.6 Å². The molecular weight excluding hydrogens is 322 g/mol. The molecule has 5 nitrogen and oxygen atoms in total. The van der Waals surface area contributed by atoms with E-state index in [-0.39, 0.29) is 10.8 Å². The van der Waals surface area contributed by atoms with Crippen LogP contribution in [0.1, 0.15) is 39.5 Å². The monoisotopic (exact) mass is 349 g/mol. The van der Waals surface area contributed by atoms with E-state index >= 15 is 0 Å². The van der Waals surface area contributed by atoms with Gasteiger partial charge in [-0.25, -0.2) is 0 Å². The van der Waals surface area contributed by atoms with Gasteiger partial charge < -0.3 is 15.1 Å². The molecule has 2 aromatic rings. The number of fused-ring (bicyclic) bond motifs is 1. The number of hydrogen-bond acceptors (Lipinski definition) is 3. The second kappa shape index (κ2) is 7.83. The van der Waals surface area contributed by atoms with Crippen LogP contribution in [0.2, 0.25) is 0 Å². The number of hydrogen-bond donors (Lipinski definition) is 2. The Labute approximate surface area is 146 Å². The highest BCUT2D eigenvalue weighted by Crippen LogP contribution is 2.23. The number of benzene rings is 1. The maximum absolute atomic E-state index is 12.1. The van der Waals surface area contributed by atoms with Gasteiger partial charge >= 0.3 is 0 Å². The summed E-state index contributed by atoms with van der Waals surface area (Å²) in [7, 11) is 0.845. The molecule has 2 unspecified atom stereocenters. The molecule has 0 saturated carbocycles. The van der Waals surface area contributed by atoms with E-state index < -0.39 is 10.8 Å². The molecule has 1 aromatic heterocycles. The predicted octanol–water partition coefficient (Wildman–Crippen LogP) is 3.21. The highest BCUT2D eigenvalue weighted by molar-refractivity contribution is 7.86. The predicted molar refractivity (Wildman–Crippen MR) is 102 cm³/mol. The van der Waals surface area contributed by atoms with Gasteiger partial charge in [0.2, 0.25) is 0 Å². The second-order valence-corrected chi connectivity index (χ2v) is 9.04. The number of guanidine groups is 1. The lowest BCUT2D eigenvalue weighted by Crippen LogP contribution is -2.41. The highest BCUT2D eigenvalue weighted by atomic mass is 32.2. The molecule has 0 bridgehead atoms. The van der Waals surface area contributed by atoms with Crippen LogP contribution in [0.25, 0.3) is 11.0 Å². The molecule has 0 amide bonds. The van der Waals surface area contributed by atoms with Crippen LogP contribution < -0.4 is 10.6 Å². The number of aliphatic imine (C=N–C) groups is 1. The van der Waals surface area contributed by atoms with E-state index in [4.69, 9.17) is 4.42 Å². The average molecular weight is 350 g/mol. The first kappa shape index (κ1) is 18.5. The molecule has 6 heteroatoms. The minimum Gasteiger partial charge on any atom is -0.459 e. The smallest absolute Gasteiger partial charge is 0.191 e. The maximum Gasteiger partial charge on any atom is 0.191 e. The first-order valence-corrected chi connectivity index (χ1v) is 9.47. The van der Waals surface area contributed by atoms with E-state index in [1.54, 1.807) is 7.05 Å². The van der Waals surface area contributed by atoms with Gasteiger partial charge in [-0.15, -0.1) is 0 Å². The van der Waals surface area contributed by atoms with Gasteiger partial charge in [-0.05, 0) is 39.8 Å². The molecular formula is C18H27N3O2S. The van der Waals surface area contributed by atoms with Crippen LogP contribution in [0.3, 0.4) is 0 Å². The standard InChI is InChI=1S/C18H27N3O2S/c1-13(16-12-14-8-6-7-9-15(14)23-16)21-17(19-5)20-10-11-24(22)18(2,3)4/h6-9,12-13H,10-11H2,1-5H3,(H2,19,20,21). The lowest BCUT2D eigenvalue weighted by Gasteiger charge is -2.19. The Morgan fingerprint density at radius 2 is 2.04 bits per heavy atom. The Morgan fingerprint density at radius 1 is 1.33 bits per heavy atom. The van der Waals surface area contributed by atoms with Gasteiger partial charge in [0.1, 0.15) is 11.3 Å². The molecule has 24 heavy (non-hydrogen) atoms. The van der Waals surface area contributed by atoms with E-state index in [2.05, 4.69) is 15.6 Å². The van der Waals surface area contributed by atoms with Crippen molar-refractivity contribution in [3.63, 3.8) is 0 Å². The van der Waals surface area contributed by atoms with Crippen molar-refractivity contribution in [2.45, 2.75) is 38.5 Å². The Kier molecular flexibility index (Phi) is 6.04. The fraction of sp³-hybridized carbons (Fsp3) is 0.500. The second-order valence-electron chi connectivity index (χ2n) is 6.71. The maximum atomic E-state index is 12.1. The fourth-order valence-electron chi connectivity index (χ4n) is 2.25. The molecule has 2 atom stereocenters. The Bertz CT molecular complexity index is 698. The summed E-state index contributed by atoms with van der Waals surface area (Å²) in [5, 5.41) is 7.60. The van der Waals surface area contributed by atoms with Crippen LogP contribution in [-0.4, -0.2) is 34.3 Å². The fourth-order valence-corrected chi connectivity index (χ4v) is 3.15. The van der Waals surface area contributed by atoms with Gasteiger partial charge in [0.25, 0.3) is 0 Å². The molecule has 0 saturated heterocycles. The zero-order valence-electron chi connectivity index (χ0n) is 15.1. The number of rotatable bonds is 5. The minimum absolute atomic E-state index is 0.0169. The molecule has 1 heterocycles. The van der Waals surface area contributed by atoms with Crippen LogP contribution in [0.5, 0.6) is 0 Å². The van der Waals surface area contributed by atoms with E-state index in [9.17, 15) is 4.21 Å². The van der Waals surface area contributed by atoms with Gasteiger partial charge in [-0.3, -0.25) is 9.20 Å². The molecule has 0 radical (unpaired) electrons. The van der Waals surface area contributed by atoms with Crippen molar-refractivity contribution < 1.29 is 8.63 Å². The normalized spacial score (nSPS) is 15.3. The largest absolute Gasteiger partial charge is 0.459 e. The van der Waals surface area contributed by atoms with Gasteiger partial charge in [0.05, 0.1) is 6.04 Å². The van der Waals surface area contributed by atoms with E-state index in [0.29, 0.717) is 18.3 Å². The zero-order chi connectivity index (χ0) is 17.7. The summed E-state index contributed by atoms with van der Waals surface area (Å²) in [5.74, 6) is 2.12. The van der Waals surface area contributed by atoms with Crippen LogP contribution in [0, 0.1) is 0 Å². The van der Waals surface area contributed by atoms with E-state index in [0.717, 1.165) is 16.7 Å². The quantitative estimate of drug-likeness (QED) is 0.642. The highest BCUT2D eigenvalue weighted by Gasteiger charge is 2.19. The van der Waals surface area contributed by atoms with Crippen molar-refractivity contribution >= 4 is 27.7 Å². The van der Waals surface area contributed by atoms with Crippen LogP contribution >= 0.6 is 0 Å². The minimum atomic E-state index is -0.879. The van der Waals surface area contributed by atoms with Crippen molar-refractivity contribution in [2.24, 2.45) is 4.99 Å². The van der Waals surface area contributed by atoms with Crippen LogP contribution in [0.4, 0.5) is 0 Å². The number of para-hydroxylation sites is 1. The number of furan rings is 1. The molecule has 0 aliphatic heterocycles. The van der Waals surface area contributed by atoms with Gasteiger partial charge in [-0.1, -0.05) is 18.2 Å². The summed E-state index contributed by atoms with van der Waals surface area (Å²) in [6.07, 6.45) is 0. The molecule has 0 aliphatic rings. The van der Waals surface area contributed by atoms with Crippen LogP contribution in [-0.2, 0) is 10.8 Å². The van der Waals surface area contributed by atoms with Gasteiger partial charge in [0, 0.05) is 40.3 Å². The SMILES string of the molecule is CN=C(NCCS(=O)C(C)(C)C)NC(C)c1cc2ccccc2o1. The average Bonchev–Trinajstić information content (AvgIpc) is 2.96.